The number of ether oxygens (including phenoxy) is 1. The molecule has 3 rings (SSSR count). The summed E-state index contributed by atoms with van der Waals surface area (Å²) in [5.74, 6) is -1.05. The molecule has 0 saturated carbocycles. The van der Waals surface area contributed by atoms with Gasteiger partial charge in [0.15, 0.2) is 11.6 Å². The monoisotopic (exact) mass is 382 g/mol. The van der Waals surface area contributed by atoms with Gasteiger partial charge in [0.2, 0.25) is 0 Å². The average molecular weight is 383 g/mol. The van der Waals surface area contributed by atoms with Gasteiger partial charge in [0.25, 0.3) is 0 Å². The minimum absolute atomic E-state index is 0. The first-order chi connectivity index (χ1) is 10.7. The van der Waals surface area contributed by atoms with Crippen molar-refractivity contribution in [3.05, 3.63) is 34.9 Å². The number of aryl methyl sites for hydroxylation is 1. The van der Waals surface area contributed by atoms with Crippen LogP contribution in [0.2, 0.25) is 0 Å². The number of nitrogens with one attached hydrogen (secondary N) is 1. The molecule has 0 aromatic heterocycles. The maximum atomic E-state index is 14.6. The molecule has 2 aliphatic heterocycles. The molecular formula is C17H26Cl2F2N2O. The van der Waals surface area contributed by atoms with Gasteiger partial charge < -0.3 is 10.1 Å². The lowest BCUT2D eigenvalue weighted by Crippen LogP contribution is -2.47. The Morgan fingerprint density at radius 3 is 2.33 bits per heavy atom. The van der Waals surface area contributed by atoms with E-state index in [2.05, 4.69) is 10.2 Å². The van der Waals surface area contributed by atoms with Crippen LogP contribution in [-0.2, 0) is 4.74 Å². The Morgan fingerprint density at radius 2 is 1.71 bits per heavy atom. The van der Waals surface area contributed by atoms with Crippen LogP contribution in [0.4, 0.5) is 8.78 Å². The van der Waals surface area contributed by atoms with Crippen molar-refractivity contribution < 1.29 is 13.5 Å². The zero-order valence-electron chi connectivity index (χ0n) is 13.9. The van der Waals surface area contributed by atoms with Gasteiger partial charge in [-0.25, -0.2) is 8.78 Å². The molecule has 1 N–H and O–H groups in total. The molecular weight excluding hydrogens is 357 g/mol. The van der Waals surface area contributed by atoms with Crippen molar-refractivity contribution in [3.63, 3.8) is 0 Å². The highest BCUT2D eigenvalue weighted by molar-refractivity contribution is 5.85. The molecule has 0 radical (unpaired) electrons. The van der Waals surface area contributed by atoms with E-state index in [-0.39, 0.29) is 30.9 Å². The first kappa shape index (κ1) is 21.6. The molecule has 138 valence electrons. The van der Waals surface area contributed by atoms with Crippen LogP contribution in [0.5, 0.6) is 0 Å². The van der Waals surface area contributed by atoms with E-state index in [1.807, 2.05) is 0 Å². The van der Waals surface area contributed by atoms with Crippen LogP contribution < -0.4 is 5.32 Å². The highest BCUT2D eigenvalue weighted by Crippen LogP contribution is 2.37. The van der Waals surface area contributed by atoms with E-state index in [9.17, 15) is 8.78 Å². The Balaban J connectivity index is 0.00000144. The second kappa shape index (κ2) is 9.88. The van der Waals surface area contributed by atoms with E-state index in [1.165, 1.54) is 0 Å². The summed E-state index contributed by atoms with van der Waals surface area (Å²) in [6, 6.07) is 3.42. The van der Waals surface area contributed by atoms with E-state index in [0.717, 1.165) is 39.0 Å². The van der Waals surface area contributed by atoms with E-state index in [1.54, 1.807) is 19.1 Å². The van der Waals surface area contributed by atoms with E-state index in [0.29, 0.717) is 30.3 Å². The van der Waals surface area contributed by atoms with Gasteiger partial charge in [-0.2, -0.15) is 0 Å². The van der Waals surface area contributed by atoms with Crippen LogP contribution in [0.25, 0.3) is 0 Å². The van der Waals surface area contributed by atoms with Crippen LogP contribution in [0.15, 0.2) is 12.1 Å². The molecule has 24 heavy (non-hydrogen) atoms. The number of hydrogen-bond donors (Lipinski definition) is 1. The lowest BCUT2D eigenvalue weighted by Gasteiger charge is -2.41. The van der Waals surface area contributed by atoms with Crippen LogP contribution in [0, 0.1) is 24.5 Å². The van der Waals surface area contributed by atoms with Gasteiger partial charge in [0.1, 0.15) is 0 Å². The molecule has 2 saturated heterocycles. The number of piperazine rings is 1. The minimum Gasteiger partial charge on any atom is -0.381 e. The van der Waals surface area contributed by atoms with Crippen molar-refractivity contribution in [1.82, 2.24) is 10.2 Å². The summed E-state index contributed by atoms with van der Waals surface area (Å²) in [4.78, 5) is 2.31. The molecule has 0 bridgehead atoms. The Labute approximate surface area is 154 Å². The number of rotatable bonds is 3. The molecule has 7 heteroatoms. The molecule has 0 unspecified atom stereocenters. The summed E-state index contributed by atoms with van der Waals surface area (Å²) < 4.78 is 34.1. The molecule has 2 aliphatic rings. The lowest BCUT2D eigenvalue weighted by molar-refractivity contribution is 0.0201. The fourth-order valence-electron chi connectivity index (χ4n) is 3.63. The van der Waals surface area contributed by atoms with Crippen molar-refractivity contribution in [2.45, 2.75) is 25.8 Å². The van der Waals surface area contributed by atoms with Crippen molar-refractivity contribution >= 4 is 24.8 Å². The number of hydrogen-bond acceptors (Lipinski definition) is 3. The number of halogens is 4. The van der Waals surface area contributed by atoms with Gasteiger partial charge in [0, 0.05) is 51.0 Å². The van der Waals surface area contributed by atoms with Gasteiger partial charge >= 0.3 is 0 Å². The molecule has 2 fully saturated rings. The zero-order valence-corrected chi connectivity index (χ0v) is 15.5. The SMILES string of the molecule is Cc1ccc([C@H](C2CCOCC2)N2CCNCC2)c(F)c1F.Cl.Cl. The third-order valence-electron chi connectivity index (χ3n) is 4.88. The third kappa shape index (κ3) is 4.58. The fraction of sp³-hybridized carbons (Fsp3) is 0.647. The highest BCUT2D eigenvalue weighted by atomic mass is 35.5. The van der Waals surface area contributed by atoms with E-state index in [4.69, 9.17) is 4.74 Å². The summed E-state index contributed by atoms with van der Waals surface area (Å²) in [6.07, 6.45) is 1.81. The van der Waals surface area contributed by atoms with Crippen LogP contribution in [-0.4, -0.2) is 44.3 Å². The molecule has 0 aliphatic carbocycles. The van der Waals surface area contributed by atoms with Crippen LogP contribution in [0.3, 0.4) is 0 Å². The smallest absolute Gasteiger partial charge is 0.163 e. The molecule has 0 spiro atoms. The van der Waals surface area contributed by atoms with Gasteiger partial charge in [-0.15, -0.1) is 24.8 Å². The molecule has 2 heterocycles. The Bertz CT molecular complexity index is 504. The summed E-state index contributed by atoms with van der Waals surface area (Å²) in [5.41, 5.74) is 0.879. The van der Waals surface area contributed by atoms with Gasteiger partial charge in [-0.05, 0) is 31.2 Å². The minimum atomic E-state index is -0.704. The quantitative estimate of drug-likeness (QED) is 0.865. The van der Waals surface area contributed by atoms with Crippen molar-refractivity contribution in [1.29, 1.82) is 0 Å². The summed E-state index contributed by atoms with van der Waals surface area (Å²) >= 11 is 0. The molecule has 1 atom stereocenters. The highest BCUT2D eigenvalue weighted by Gasteiger charge is 2.33. The Kier molecular flexibility index (Phi) is 8.88. The van der Waals surface area contributed by atoms with Gasteiger partial charge in [-0.1, -0.05) is 12.1 Å². The lowest BCUT2D eigenvalue weighted by atomic mass is 9.85. The maximum Gasteiger partial charge on any atom is 0.163 e. The van der Waals surface area contributed by atoms with E-state index < -0.39 is 11.6 Å². The normalized spacial score (nSPS) is 20.8. The molecule has 1 aromatic rings. The molecule has 1 aromatic carbocycles. The number of benzene rings is 1. The summed E-state index contributed by atoms with van der Waals surface area (Å²) in [5, 5.41) is 3.32. The topological polar surface area (TPSA) is 24.5 Å². The first-order valence-electron chi connectivity index (χ1n) is 8.15. The zero-order chi connectivity index (χ0) is 15.5. The average Bonchev–Trinajstić information content (AvgIpc) is 2.57. The standard InChI is InChI=1S/C17H24F2N2O.2ClH/c1-12-2-3-14(16(19)15(12)18)17(13-4-10-22-11-5-13)21-8-6-20-7-9-21;;/h2-3,13,17,20H,4-11H2,1H3;2*1H/t17-;;/m0../s1. The second-order valence-electron chi connectivity index (χ2n) is 6.28. The van der Waals surface area contributed by atoms with Crippen LogP contribution >= 0.6 is 24.8 Å². The largest absolute Gasteiger partial charge is 0.381 e. The second-order valence-corrected chi connectivity index (χ2v) is 6.28. The maximum absolute atomic E-state index is 14.6. The summed E-state index contributed by atoms with van der Waals surface area (Å²) in [7, 11) is 0. The van der Waals surface area contributed by atoms with E-state index >= 15 is 0 Å². The third-order valence-corrected chi connectivity index (χ3v) is 4.88. The molecule has 0 amide bonds. The molecule has 3 nitrogen and oxygen atoms in total. The Hall–Kier alpha value is -0.460. The predicted octanol–water partition coefficient (Wildman–Crippen LogP) is 3.49. The summed E-state index contributed by atoms with van der Waals surface area (Å²) in [6.45, 7) is 6.57. The number of nitrogens with zero attached hydrogens (tertiary/aromatic N) is 1. The van der Waals surface area contributed by atoms with Gasteiger partial charge in [-0.3, -0.25) is 4.90 Å². The fourth-order valence-corrected chi connectivity index (χ4v) is 3.63. The van der Waals surface area contributed by atoms with Crippen molar-refractivity contribution in [2.24, 2.45) is 5.92 Å². The Morgan fingerprint density at radius 1 is 1.08 bits per heavy atom. The van der Waals surface area contributed by atoms with Crippen molar-refractivity contribution in [2.75, 3.05) is 39.4 Å². The predicted molar refractivity (Wildman–Crippen MR) is 96.3 cm³/mol. The van der Waals surface area contributed by atoms with Crippen LogP contribution in [0.1, 0.15) is 30.0 Å². The first-order valence-corrected chi connectivity index (χ1v) is 8.15. The van der Waals surface area contributed by atoms with Gasteiger partial charge in [0.05, 0.1) is 0 Å². The van der Waals surface area contributed by atoms with Crippen molar-refractivity contribution in [3.8, 4) is 0 Å².